The topological polar surface area (TPSA) is 0 Å². The summed E-state index contributed by atoms with van der Waals surface area (Å²) >= 11 is 0. The molecule has 0 saturated heterocycles. The van der Waals surface area contributed by atoms with Crippen LogP contribution in [0.1, 0.15) is 274 Å². The van der Waals surface area contributed by atoms with Crippen molar-refractivity contribution in [3.63, 3.8) is 0 Å². The Morgan fingerprint density at radius 2 is 0.379 bits per heavy atom. The fourth-order valence-corrected chi connectivity index (χ4v) is 30.8. The number of hydrogen-bond acceptors (Lipinski definition) is 0. The van der Waals surface area contributed by atoms with Crippen molar-refractivity contribution in [3.8, 4) is 0 Å². The van der Waals surface area contributed by atoms with Gasteiger partial charge in [-0.3, -0.25) is 0 Å². The van der Waals surface area contributed by atoms with Crippen LogP contribution in [-0.2, 0) is 17.4 Å². The second kappa shape index (κ2) is 38.6. The molecule has 3 aliphatic carbocycles. The predicted octanol–water partition coefficient (Wildman–Crippen LogP) is 20.7. The Kier molecular flexibility index (Phi) is 39.4. The molecular weight excluding hydrogens is 785 g/mol. The smallest absolute Gasteiger partial charge is 0.312 e. The van der Waals surface area contributed by atoms with E-state index in [1.54, 1.807) is 54.4 Å². The predicted molar refractivity (Wildman–Crippen MR) is 274 cm³/mol. The molecule has 3 saturated carbocycles. The van der Waals surface area contributed by atoms with Gasteiger partial charge in [-0.2, -0.15) is 38.5 Å². The van der Waals surface area contributed by atoms with Crippen molar-refractivity contribution in [2.24, 2.45) is 0 Å². The third-order valence-corrected chi connectivity index (χ3v) is 33.5. The molecule has 0 N–H and O–H groups in total. The van der Waals surface area contributed by atoms with Crippen molar-refractivity contribution in [1.29, 1.82) is 0 Å². The van der Waals surface area contributed by atoms with Gasteiger partial charge in [0.05, 0.1) is 0 Å². The molecule has 3 rings (SSSR count). The van der Waals surface area contributed by atoms with Crippen LogP contribution in [0, 0.1) is 16.6 Å². The van der Waals surface area contributed by atoms with Crippen molar-refractivity contribution in [3.05, 3.63) is 16.6 Å². The van der Waals surface area contributed by atoms with Crippen LogP contribution in [0.2, 0.25) is 54.4 Å². The first kappa shape index (κ1) is 59.2. The van der Waals surface area contributed by atoms with E-state index in [2.05, 4.69) is 78.9 Å². The molecule has 58 heavy (non-hydrogen) atoms. The molecule has 3 fully saturated rings. The van der Waals surface area contributed by atoms with Gasteiger partial charge in [0.25, 0.3) is 0 Å². The van der Waals surface area contributed by atoms with E-state index in [0.717, 1.165) is 0 Å². The molecule has 0 atom stereocenters. The minimum Gasteiger partial charge on any atom is -0.312 e. The van der Waals surface area contributed by atoms with Crippen LogP contribution < -0.4 is 0 Å². The molecule has 0 aromatic heterocycles. The third-order valence-electron chi connectivity index (χ3n) is 15.7. The Labute approximate surface area is 384 Å². The molecule has 0 spiro atoms. The molecule has 0 aromatic carbocycles. The van der Waals surface area contributed by atoms with Crippen molar-refractivity contribution in [2.45, 2.75) is 329 Å². The Balaban J connectivity index is 0.000000833. The zero-order chi connectivity index (χ0) is 41.9. The average molecular weight is 897 g/mol. The van der Waals surface area contributed by atoms with Gasteiger partial charge in [-0.05, 0) is 0 Å². The van der Waals surface area contributed by atoms with Gasteiger partial charge < -0.3 is 16.6 Å². The van der Waals surface area contributed by atoms with Crippen LogP contribution in [0.5, 0.6) is 0 Å². The quantitative estimate of drug-likeness (QED) is 0.0498. The average Bonchev–Trinajstić information content (AvgIpc) is 3.27. The van der Waals surface area contributed by atoms with E-state index in [4.69, 9.17) is 0 Å². The number of rotatable bonds is 30. The van der Waals surface area contributed by atoms with Crippen LogP contribution in [0.25, 0.3) is 0 Å². The van der Waals surface area contributed by atoms with Gasteiger partial charge in [0.2, 0.25) is 0 Å². The summed E-state index contributed by atoms with van der Waals surface area (Å²) in [7, 11) is -3.12. The van der Waals surface area contributed by atoms with Crippen LogP contribution in [-0.4, -0.2) is 24.2 Å². The number of unbranched alkanes of at least 4 members (excludes halogenated alkanes) is 9. The van der Waals surface area contributed by atoms with E-state index in [0.29, 0.717) is 0 Å². The molecule has 1 radical (unpaired) electrons. The zero-order valence-corrected chi connectivity index (χ0v) is 46.4. The van der Waals surface area contributed by atoms with Crippen LogP contribution in [0.3, 0.4) is 0 Å². The SMILES string of the molecule is CCCC[Si](CCCC)(CCCC)[C-]1CCCCC1.CCCC[Si](CCCC)(CCCC)[C-]1CCCCC1.CCCC[Si](CCCC)(CCCC)[C-]1CCCCC1.[Cr+3]. The normalized spacial score (nSPS) is 17.5. The number of hydrogen-bond donors (Lipinski definition) is 0. The van der Waals surface area contributed by atoms with E-state index in [-0.39, 0.29) is 17.4 Å². The first-order valence-corrected chi connectivity index (χ1v) is 35.3. The van der Waals surface area contributed by atoms with Gasteiger partial charge in [0.15, 0.2) is 0 Å². The van der Waals surface area contributed by atoms with E-state index in [1.807, 2.05) is 0 Å². The Hall–Kier alpha value is 1.18. The minimum absolute atomic E-state index is 0. The van der Waals surface area contributed by atoms with Gasteiger partial charge in [0.1, 0.15) is 0 Å². The standard InChI is InChI=1S/3C18H37Si.Cr/c3*1-4-7-15-19(16-8-5-2,17-9-6-3)18-13-11-10-12-14-18;/h3*4-17H2,1-3H3;/q3*-1;+3. The van der Waals surface area contributed by atoms with Gasteiger partial charge in [-0.15, -0.1) is 0 Å². The zero-order valence-electron chi connectivity index (χ0n) is 42.1. The Bertz CT molecular complexity index is 669. The summed E-state index contributed by atoms with van der Waals surface area (Å²) in [5, 5.41) is 0. The van der Waals surface area contributed by atoms with E-state index in [9.17, 15) is 0 Å². The van der Waals surface area contributed by atoms with Crippen LogP contribution in [0.15, 0.2) is 0 Å². The first-order valence-electron chi connectivity index (χ1n) is 27.4. The largest absolute Gasteiger partial charge is 3.00 e. The van der Waals surface area contributed by atoms with Crippen molar-refractivity contribution in [1.82, 2.24) is 0 Å². The summed E-state index contributed by atoms with van der Waals surface area (Å²) in [5.41, 5.74) is 6.36. The molecule has 3 aliphatic rings. The fraction of sp³-hybridized carbons (Fsp3) is 0.944. The molecule has 0 amide bonds. The van der Waals surface area contributed by atoms with E-state index < -0.39 is 24.2 Å². The summed E-state index contributed by atoms with van der Waals surface area (Å²) < 4.78 is 0. The molecule has 0 bridgehead atoms. The van der Waals surface area contributed by atoms with Crippen LogP contribution >= 0.6 is 0 Å². The molecule has 0 unspecified atom stereocenters. The van der Waals surface area contributed by atoms with Gasteiger partial charge in [-0.25, -0.2) is 0 Å². The molecule has 0 heterocycles. The molecular formula is C54H111CrSi3. The molecule has 345 valence electrons. The van der Waals surface area contributed by atoms with Crippen molar-refractivity contribution >= 4 is 24.2 Å². The summed E-state index contributed by atoms with van der Waals surface area (Å²) in [5.74, 6) is 0. The summed E-state index contributed by atoms with van der Waals surface area (Å²) in [6.45, 7) is 21.4. The summed E-state index contributed by atoms with van der Waals surface area (Å²) in [6.07, 6.45) is 48.8. The van der Waals surface area contributed by atoms with Gasteiger partial charge in [0, 0.05) is 0 Å². The molecule has 0 nitrogen and oxygen atoms in total. The maximum atomic E-state index is 2.38. The van der Waals surface area contributed by atoms with E-state index >= 15 is 0 Å². The van der Waals surface area contributed by atoms with Gasteiger partial charge >= 0.3 is 17.4 Å². The Morgan fingerprint density at radius 3 is 0.500 bits per heavy atom. The minimum atomic E-state index is -1.04. The molecule has 0 aliphatic heterocycles. The first-order chi connectivity index (χ1) is 27.9. The maximum Gasteiger partial charge on any atom is 3.00 e. The Morgan fingerprint density at radius 1 is 0.241 bits per heavy atom. The third kappa shape index (κ3) is 23.2. The molecule has 4 heteroatoms. The second-order valence-electron chi connectivity index (χ2n) is 20.3. The second-order valence-corrected chi connectivity index (χ2v) is 34.6. The van der Waals surface area contributed by atoms with Crippen molar-refractivity contribution in [2.75, 3.05) is 0 Å². The van der Waals surface area contributed by atoms with E-state index in [1.165, 1.54) is 212 Å². The van der Waals surface area contributed by atoms with Gasteiger partial charge in [-0.1, -0.05) is 314 Å². The van der Waals surface area contributed by atoms with Crippen molar-refractivity contribution < 1.29 is 17.4 Å². The summed E-state index contributed by atoms with van der Waals surface area (Å²) in [4.78, 5) is 0. The molecule has 0 aromatic rings. The monoisotopic (exact) mass is 896 g/mol. The maximum absolute atomic E-state index is 2.38. The fourth-order valence-electron chi connectivity index (χ4n) is 11.9. The summed E-state index contributed by atoms with van der Waals surface area (Å²) in [6, 6.07) is 14.6. The van der Waals surface area contributed by atoms with Crippen LogP contribution in [0.4, 0.5) is 0 Å².